The van der Waals surface area contributed by atoms with Gasteiger partial charge in [-0.3, -0.25) is 9.59 Å². The van der Waals surface area contributed by atoms with Crippen LogP contribution in [-0.4, -0.2) is 7.11 Å². The van der Waals surface area contributed by atoms with Gasteiger partial charge in [0.2, 0.25) is 0 Å². The van der Waals surface area contributed by atoms with Crippen molar-refractivity contribution in [3.63, 3.8) is 0 Å². The van der Waals surface area contributed by atoms with Crippen molar-refractivity contribution in [3.8, 4) is 28.0 Å². The summed E-state index contributed by atoms with van der Waals surface area (Å²) in [6.07, 6.45) is 0. The summed E-state index contributed by atoms with van der Waals surface area (Å²) in [4.78, 5) is 23.4. The molecular formula is C21H13NO3. The van der Waals surface area contributed by atoms with Gasteiger partial charge in [-0.15, -0.1) is 0 Å². The summed E-state index contributed by atoms with van der Waals surface area (Å²) >= 11 is 0. The Morgan fingerprint density at radius 1 is 0.760 bits per heavy atom. The Labute approximate surface area is 143 Å². The second-order valence-electron chi connectivity index (χ2n) is 6.13. The van der Waals surface area contributed by atoms with Crippen molar-refractivity contribution in [2.24, 2.45) is 0 Å². The number of fused-ring (bicyclic) bond motifs is 3. The molecule has 0 bridgehead atoms. The molecule has 0 radical (unpaired) electrons. The highest BCUT2D eigenvalue weighted by molar-refractivity contribution is 6.18. The van der Waals surface area contributed by atoms with Gasteiger partial charge in [-0.25, -0.2) is 0 Å². The van der Waals surface area contributed by atoms with Gasteiger partial charge in [-0.1, -0.05) is 48.5 Å². The number of methoxy groups -OCH3 is 1. The molecule has 0 atom stereocenters. The maximum Gasteiger partial charge on any atom is 0.272 e. The molecule has 5 rings (SSSR count). The minimum Gasteiger partial charge on any atom is -0.491 e. The third-order valence-corrected chi connectivity index (χ3v) is 4.88. The van der Waals surface area contributed by atoms with E-state index in [1.807, 2.05) is 30.3 Å². The minimum absolute atomic E-state index is 0.0940. The zero-order chi connectivity index (χ0) is 17.1. The molecular weight excluding hydrogens is 314 g/mol. The summed E-state index contributed by atoms with van der Waals surface area (Å²) in [6.45, 7) is 0. The lowest BCUT2D eigenvalue weighted by molar-refractivity contribution is 0.408. The Kier molecular flexibility index (Phi) is 2.69. The van der Waals surface area contributed by atoms with E-state index in [0.717, 1.165) is 16.5 Å². The third-order valence-electron chi connectivity index (χ3n) is 4.88. The van der Waals surface area contributed by atoms with Gasteiger partial charge in [0.15, 0.2) is 5.75 Å². The molecule has 0 amide bonds. The van der Waals surface area contributed by atoms with E-state index in [2.05, 4.69) is 29.6 Å². The molecule has 4 heteroatoms. The van der Waals surface area contributed by atoms with Crippen LogP contribution in [0.2, 0.25) is 0 Å². The summed E-state index contributed by atoms with van der Waals surface area (Å²) in [5.74, 6) is 0.0940. The van der Waals surface area contributed by atoms with Crippen molar-refractivity contribution in [3.05, 3.63) is 75.0 Å². The van der Waals surface area contributed by atoms with Gasteiger partial charge < -0.3 is 10.1 Å². The van der Waals surface area contributed by atoms with Crippen LogP contribution in [0.25, 0.3) is 33.0 Å². The van der Waals surface area contributed by atoms with Crippen LogP contribution in [0.4, 0.5) is 11.4 Å². The van der Waals surface area contributed by atoms with Crippen LogP contribution < -0.4 is 20.9 Å². The van der Waals surface area contributed by atoms with Crippen LogP contribution in [0.1, 0.15) is 0 Å². The second kappa shape index (κ2) is 4.80. The molecule has 4 aromatic carbocycles. The fraction of sp³-hybridized carbons (Fsp3) is 0.0476. The lowest BCUT2D eigenvalue weighted by Crippen LogP contribution is -2.34. The average molecular weight is 327 g/mol. The first-order valence-corrected chi connectivity index (χ1v) is 8.00. The lowest BCUT2D eigenvalue weighted by atomic mass is 10.0. The first-order valence-electron chi connectivity index (χ1n) is 8.00. The lowest BCUT2D eigenvalue weighted by Gasteiger charge is -2.14. The Morgan fingerprint density at radius 3 is 2.16 bits per heavy atom. The molecule has 4 nitrogen and oxygen atoms in total. The number of hydrogen-bond donors (Lipinski definition) is 1. The third kappa shape index (κ3) is 1.71. The van der Waals surface area contributed by atoms with Gasteiger partial charge in [0, 0.05) is 11.1 Å². The second-order valence-corrected chi connectivity index (χ2v) is 6.13. The SMILES string of the molecule is COc1c(Nc2ccc3c4c(cccc24)-c2ccccc2-3)c(=O)c1=O. The molecule has 25 heavy (non-hydrogen) atoms. The number of hydrogen-bond acceptors (Lipinski definition) is 4. The van der Waals surface area contributed by atoms with Crippen LogP contribution in [0, 0.1) is 0 Å². The van der Waals surface area contributed by atoms with E-state index >= 15 is 0 Å². The predicted octanol–water partition coefficient (Wildman–Crippen LogP) is 3.84. The first-order chi connectivity index (χ1) is 12.2. The van der Waals surface area contributed by atoms with Crippen LogP contribution >= 0.6 is 0 Å². The van der Waals surface area contributed by atoms with E-state index in [1.54, 1.807) is 0 Å². The average Bonchev–Trinajstić information content (AvgIpc) is 2.99. The molecule has 0 fully saturated rings. The fourth-order valence-electron chi connectivity index (χ4n) is 3.73. The standard InChI is InChI=1S/C21H13NO3/c1-25-21-18(19(23)20(21)24)22-16-10-9-14-12-6-3-2-5-11(12)13-7-4-8-15(16)17(13)14/h2-10,22H,1H3. The van der Waals surface area contributed by atoms with Gasteiger partial charge in [0.25, 0.3) is 10.9 Å². The highest BCUT2D eigenvalue weighted by Crippen LogP contribution is 2.48. The highest BCUT2D eigenvalue weighted by Gasteiger charge is 2.25. The Balaban J connectivity index is 1.73. The summed E-state index contributed by atoms with van der Waals surface area (Å²) in [6, 6.07) is 18.5. The van der Waals surface area contributed by atoms with Gasteiger partial charge in [-0.2, -0.15) is 0 Å². The highest BCUT2D eigenvalue weighted by atomic mass is 16.5. The number of ether oxygens (including phenoxy) is 1. The van der Waals surface area contributed by atoms with Crippen LogP contribution in [0.15, 0.2) is 64.2 Å². The van der Waals surface area contributed by atoms with Crippen molar-refractivity contribution in [2.45, 2.75) is 0 Å². The minimum atomic E-state index is -0.580. The van der Waals surface area contributed by atoms with Crippen LogP contribution in [-0.2, 0) is 0 Å². The zero-order valence-corrected chi connectivity index (χ0v) is 13.4. The summed E-state index contributed by atoms with van der Waals surface area (Å²) in [5.41, 5.74) is 4.69. The van der Waals surface area contributed by atoms with E-state index < -0.39 is 10.9 Å². The topological polar surface area (TPSA) is 55.4 Å². The molecule has 0 heterocycles. The smallest absolute Gasteiger partial charge is 0.272 e. The van der Waals surface area contributed by atoms with Crippen LogP contribution in [0.5, 0.6) is 5.75 Å². The van der Waals surface area contributed by atoms with Crippen molar-refractivity contribution in [2.75, 3.05) is 12.4 Å². The van der Waals surface area contributed by atoms with Crippen molar-refractivity contribution < 1.29 is 4.74 Å². The maximum absolute atomic E-state index is 11.8. The van der Waals surface area contributed by atoms with E-state index in [1.165, 1.54) is 29.4 Å². The molecule has 1 aliphatic rings. The quantitative estimate of drug-likeness (QED) is 0.512. The monoisotopic (exact) mass is 327 g/mol. The molecule has 0 spiro atoms. The molecule has 0 aromatic heterocycles. The molecule has 0 saturated carbocycles. The van der Waals surface area contributed by atoms with E-state index in [-0.39, 0.29) is 11.4 Å². The largest absolute Gasteiger partial charge is 0.491 e. The van der Waals surface area contributed by atoms with Gasteiger partial charge in [0.05, 0.1) is 7.11 Å². The van der Waals surface area contributed by atoms with Gasteiger partial charge in [-0.05, 0) is 33.7 Å². The van der Waals surface area contributed by atoms with Crippen LogP contribution in [0.3, 0.4) is 0 Å². The van der Waals surface area contributed by atoms with Crippen molar-refractivity contribution in [1.29, 1.82) is 0 Å². The summed E-state index contributed by atoms with van der Waals surface area (Å²) < 4.78 is 5.02. The van der Waals surface area contributed by atoms with E-state index in [4.69, 9.17) is 4.74 Å². The molecule has 4 aromatic rings. The van der Waals surface area contributed by atoms with Crippen molar-refractivity contribution in [1.82, 2.24) is 0 Å². The fourth-order valence-corrected chi connectivity index (χ4v) is 3.73. The Morgan fingerprint density at radius 2 is 1.44 bits per heavy atom. The first kappa shape index (κ1) is 14.0. The summed E-state index contributed by atoms with van der Waals surface area (Å²) in [5, 5.41) is 5.27. The van der Waals surface area contributed by atoms with E-state index in [0.29, 0.717) is 0 Å². The molecule has 120 valence electrons. The summed E-state index contributed by atoms with van der Waals surface area (Å²) in [7, 11) is 1.39. The Hall–Kier alpha value is -3.40. The number of nitrogens with one attached hydrogen (secondary N) is 1. The molecule has 1 N–H and O–H groups in total. The Bertz CT molecular complexity index is 1220. The zero-order valence-electron chi connectivity index (χ0n) is 13.4. The predicted molar refractivity (Wildman–Crippen MR) is 99.6 cm³/mol. The van der Waals surface area contributed by atoms with Gasteiger partial charge >= 0.3 is 0 Å². The maximum atomic E-state index is 11.8. The molecule has 0 saturated heterocycles. The number of anilines is 2. The number of benzene rings is 3. The van der Waals surface area contributed by atoms with E-state index in [9.17, 15) is 9.59 Å². The molecule has 0 aliphatic heterocycles. The van der Waals surface area contributed by atoms with Crippen molar-refractivity contribution >= 4 is 22.1 Å². The molecule has 0 unspecified atom stereocenters. The number of rotatable bonds is 3. The van der Waals surface area contributed by atoms with Gasteiger partial charge in [0.1, 0.15) is 5.69 Å². The normalized spacial score (nSPS) is 11.7. The molecule has 1 aliphatic carbocycles.